The van der Waals surface area contributed by atoms with Crippen molar-refractivity contribution in [2.24, 2.45) is 0 Å². The highest BCUT2D eigenvalue weighted by molar-refractivity contribution is 5.85. The van der Waals surface area contributed by atoms with E-state index in [0.29, 0.717) is 6.42 Å². The van der Waals surface area contributed by atoms with Crippen LogP contribution in [0.1, 0.15) is 17.5 Å². The summed E-state index contributed by atoms with van der Waals surface area (Å²) < 4.78 is 0. The predicted octanol–water partition coefficient (Wildman–Crippen LogP) is 1.80. The molecule has 0 spiro atoms. The van der Waals surface area contributed by atoms with Crippen LogP contribution < -0.4 is 0 Å². The summed E-state index contributed by atoms with van der Waals surface area (Å²) >= 11 is 0. The molecule has 0 bridgehead atoms. The van der Waals surface area contributed by atoms with Gasteiger partial charge in [0.05, 0.1) is 0 Å². The van der Waals surface area contributed by atoms with Gasteiger partial charge in [0.1, 0.15) is 0 Å². The highest BCUT2D eigenvalue weighted by Gasteiger charge is 2.02. The van der Waals surface area contributed by atoms with Crippen molar-refractivity contribution < 1.29 is 19.8 Å². The van der Waals surface area contributed by atoms with Crippen molar-refractivity contribution in [2.45, 2.75) is 12.8 Å². The molecule has 0 unspecified atom stereocenters. The molecular weight excluding hydrogens is 208 g/mol. The molecule has 4 heteroatoms. The van der Waals surface area contributed by atoms with E-state index in [1.807, 2.05) is 0 Å². The predicted molar refractivity (Wildman–Crippen MR) is 59.1 cm³/mol. The van der Waals surface area contributed by atoms with E-state index in [1.165, 1.54) is 6.08 Å². The summed E-state index contributed by atoms with van der Waals surface area (Å²) in [4.78, 5) is 20.8. The first-order valence-electron chi connectivity index (χ1n) is 4.80. The Bertz CT molecular complexity index is 421. The summed E-state index contributed by atoms with van der Waals surface area (Å²) in [5, 5.41) is 17.1. The summed E-state index contributed by atoms with van der Waals surface area (Å²) in [6, 6.07) is 7.14. The van der Waals surface area contributed by atoms with Crippen molar-refractivity contribution in [3.05, 3.63) is 41.5 Å². The molecule has 0 heterocycles. The second-order valence-corrected chi connectivity index (χ2v) is 3.26. The van der Waals surface area contributed by atoms with E-state index >= 15 is 0 Å². The number of aryl methyl sites for hydroxylation is 1. The van der Waals surface area contributed by atoms with E-state index in [4.69, 9.17) is 10.2 Å². The molecule has 0 aliphatic rings. The quantitative estimate of drug-likeness (QED) is 0.742. The second kappa shape index (κ2) is 5.70. The van der Waals surface area contributed by atoms with Gasteiger partial charge in [0, 0.05) is 12.5 Å². The van der Waals surface area contributed by atoms with Crippen LogP contribution >= 0.6 is 0 Å². The number of rotatable bonds is 5. The van der Waals surface area contributed by atoms with E-state index in [-0.39, 0.29) is 6.42 Å². The Hall–Kier alpha value is -2.10. The Morgan fingerprint density at radius 2 is 1.88 bits per heavy atom. The topological polar surface area (TPSA) is 74.6 Å². The van der Waals surface area contributed by atoms with Crippen molar-refractivity contribution >= 4 is 18.0 Å². The number of carboxylic acids is 2. The van der Waals surface area contributed by atoms with Crippen molar-refractivity contribution in [3.8, 4) is 0 Å². The molecule has 0 saturated heterocycles. The lowest BCUT2D eigenvalue weighted by Gasteiger charge is -2.03. The summed E-state index contributed by atoms with van der Waals surface area (Å²) in [7, 11) is 0. The van der Waals surface area contributed by atoms with Crippen LogP contribution in [0.3, 0.4) is 0 Å². The zero-order valence-electron chi connectivity index (χ0n) is 8.59. The number of carboxylic acid groups (broad SMARTS) is 2. The summed E-state index contributed by atoms with van der Waals surface area (Å²) in [5.74, 6) is -1.88. The lowest BCUT2D eigenvalue weighted by Crippen LogP contribution is -1.99. The van der Waals surface area contributed by atoms with E-state index in [9.17, 15) is 9.59 Å². The normalized spacial score (nSPS) is 10.5. The molecule has 1 aromatic carbocycles. The molecule has 1 rings (SSSR count). The van der Waals surface area contributed by atoms with E-state index in [1.54, 1.807) is 24.3 Å². The monoisotopic (exact) mass is 220 g/mol. The number of hydrogen-bond acceptors (Lipinski definition) is 2. The molecule has 1 aromatic rings. The largest absolute Gasteiger partial charge is 0.481 e. The third-order valence-corrected chi connectivity index (χ3v) is 2.07. The molecule has 0 radical (unpaired) electrons. The van der Waals surface area contributed by atoms with Gasteiger partial charge in [0.2, 0.25) is 0 Å². The third kappa shape index (κ3) is 3.96. The fourth-order valence-electron chi connectivity index (χ4n) is 1.33. The Labute approximate surface area is 92.8 Å². The standard InChI is InChI=1S/C12H12O4/c13-11(14)7-5-9-3-1-2-4-10(9)6-8-12(15)16/h1-5,7H,6,8H2,(H,13,14)(H,15,16)/b7-5+. The van der Waals surface area contributed by atoms with Gasteiger partial charge in [-0.1, -0.05) is 24.3 Å². The van der Waals surface area contributed by atoms with Crippen LogP contribution in [0.5, 0.6) is 0 Å². The van der Waals surface area contributed by atoms with Crippen molar-refractivity contribution in [1.82, 2.24) is 0 Å². The number of benzene rings is 1. The smallest absolute Gasteiger partial charge is 0.328 e. The number of hydrogen-bond donors (Lipinski definition) is 2. The maximum absolute atomic E-state index is 10.4. The van der Waals surface area contributed by atoms with Crippen LogP contribution in [0.15, 0.2) is 30.3 Å². The second-order valence-electron chi connectivity index (χ2n) is 3.26. The minimum absolute atomic E-state index is 0.0396. The first kappa shape index (κ1) is 12.0. The lowest BCUT2D eigenvalue weighted by molar-refractivity contribution is -0.137. The maximum Gasteiger partial charge on any atom is 0.328 e. The minimum atomic E-state index is -1.02. The van der Waals surface area contributed by atoms with Gasteiger partial charge < -0.3 is 10.2 Å². The Kier molecular flexibility index (Phi) is 4.27. The zero-order valence-corrected chi connectivity index (χ0v) is 8.59. The average molecular weight is 220 g/mol. The van der Waals surface area contributed by atoms with E-state index in [0.717, 1.165) is 17.2 Å². The van der Waals surface area contributed by atoms with Gasteiger partial charge in [-0.3, -0.25) is 4.79 Å². The molecule has 0 aromatic heterocycles. The first-order valence-corrected chi connectivity index (χ1v) is 4.80. The molecule has 0 fully saturated rings. The Morgan fingerprint density at radius 3 is 2.50 bits per heavy atom. The molecule has 0 aliphatic heterocycles. The van der Waals surface area contributed by atoms with Crippen molar-refractivity contribution in [1.29, 1.82) is 0 Å². The maximum atomic E-state index is 10.4. The third-order valence-electron chi connectivity index (χ3n) is 2.07. The van der Waals surface area contributed by atoms with Gasteiger partial charge in [0.15, 0.2) is 0 Å². The number of carbonyl (C=O) groups is 2. The fraction of sp³-hybridized carbons (Fsp3) is 0.167. The SMILES string of the molecule is O=C(O)/C=C/c1ccccc1CCC(=O)O. The minimum Gasteiger partial charge on any atom is -0.481 e. The summed E-state index contributed by atoms with van der Waals surface area (Å²) in [5.41, 5.74) is 1.58. The lowest BCUT2D eigenvalue weighted by atomic mass is 10.0. The van der Waals surface area contributed by atoms with Gasteiger partial charge in [0.25, 0.3) is 0 Å². The molecule has 0 amide bonds. The summed E-state index contributed by atoms with van der Waals surface area (Å²) in [6.45, 7) is 0. The van der Waals surface area contributed by atoms with Gasteiger partial charge in [-0.05, 0) is 23.6 Å². The molecule has 16 heavy (non-hydrogen) atoms. The van der Waals surface area contributed by atoms with Crippen LogP contribution in [-0.4, -0.2) is 22.2 Å². The van der Waals surface area contributed by atoms with Crippen LogP contribution in [0.25, 0.3) is 6.08 Å². The van der Waals surface area contributed by atoms with Crippen LogP contribution in [0.2, 0.25) is 0 Å². The molecule has 0 aliphatic carbocycles. The molecule has 0 saturated carbocycles. The molecular formula is C12H12O4. The van der Waals surface area contributed by atoms with Crippen LogP contribution in [0, 0.1) is 0 Å². The Balaban J connectivity index is 2.83. The van der Waals surface area contributed by atoms with E-state index < -0.39 is 11.9 Å². The number of aliphatic carboxylic acids is 2. The zero-order chi connectivity index (χ0) is 12.0. The molecule has 0 atom stereocenters. The average Bonchev–Trinajstić information content (AvgIpc) is 2.24. The first-order chi connectivity index (χ1) is 7.59. The fourth-order valence-corrected chi connectivity index (χ4v) is 1.33. The van der Waals surface area contributed by atoms with Crippen molar-refractivity contribution in [3.63, 3.8) is 0 Å². The molecule has 2 N–H and O–H groups in total. The van der Waals surface area contributed by atoms with Crippen LogP contribution in [-0.2, 0) is 16.0 Å². The molecule has 4 nitrogen and oxygen atoms in total. The van der Waals surface area contributed by atoms with Gasteiger partial charge in [-0.25, -0.2) is 4.79 Å². The summed E-state index contributed by atoms with van der Waals surface area (Å²) in [6.07, 6.45) is 2.95. The van der Waals surface area contributed by atoms with Gasteiger partial charge in [-0.2, -0.15) is 0 Å². The van der Waals surface area contributed by atoms with E-state index in [2.05, 4.69) is 0 Å². The van der Waals surface area contributed by atoms with Crippen molar-refractivity contribution in [2.75, 3.05) is 0 Å². The highest BCUT2D eigenvalue weighted by Crippen LogP contribution is 2.12. The highest BCUT2D eigenvalue weighted by atomic mass is 16.4. The molecule has 84 valence electrons. The van der Waals surface area contributed by atoms with Gasteiger partial charge >= 0.3 is 11.9 Å². The van der Waals surface area contributed by atoms with Crippen LogP contribution in [0.4, 0.5) is 0 Å². The Morgan fingerprint density at radius 1 is 1.19 bits per heavy atom. The van der Waals surface area contributed by atoms with Gasteiger partial charge in [-0.15, -0.1) is 0 Å².